The standard InChI is InChI=1S/C33H41N3O2/c1-20-10-13-25(14-11-20)26-15-12-21(2)27(19-26)33(8,9)36-17-16-35(24(5)32(36,6)7)29-23(4)22(3)18-28-30(29)38-31(37)34-28/h10-15,18-19,24H,16-17H2,1-9H3,(H,34,37)/i10D,11D,13D,14D. The lowest BCUT2D eigenvalue weighted by molar-refractivity contribution is -0.0172. The highest BCUT2D eigenvalue weighted by atomic mass is 16.4. The lowest BCUT2D eigenvalue weighted by Gasteiger charge is -2.58. The number of aromatic amines is 1. The van der Waals surface area contributed by atoms with E-state index in [-0.39, 0.29) is 35.8 Å². The molecule has 5 nitrogen and oxygen atoms in total. The fourth-order valence-corrected chi connectivity index (χ4v) is 6.35. The van der Waals surface area contributed by atoms with E-state index < -0.39 is 11.3 Å². The maximum atomic E-state index is 12.2. The molecule has 1 unspecified atom stereocenters. The summed E-state index contributed by atoms with van der Waals surface area (Å²) in [5, 5.41) is 0. The van der Waals surface area contributed by atoms with Crippen molar-refractivity contribution >= 4 is 16.8 Å². The topological polar surface area (TPSA) is 52.5 Å². The van der Waals surface area contributed by atoms with E-state index >= 15 is 0 Å². The number of H-pyrrole nitrogens is 1. The molecule has 0 amide bonds. The smallest absolute Gasteiger partial charge is 0.406 e. The summed E-state index contributed by atoms with van der Waals surface area (Å²) in [7, 11) is 0. The number of fused-ring (bicyclic) bond motifs is 1. The molecule has 4 aromatic rings. The second kappa shape index (κ2) is 9.16. The number of rotatable bonds is 4. The summed E-state index contributed by atoms with van der Waals surface area (Å²) in [4.78, 5) is 19.9. The van der Waals surface area contributed by atoms with Gasteiger partial charge in [-0.2, -0.15) is 0 Å². The molecule has 200 valence electrons. The molecule has 0 aliphatic carbocycles. The number of nitrogens with zero attached hydrogens (tertiary/aromatic N) is 2. The Labute approximate surface area is 232 Å². The van der Waals surface area contributed by atoms with Crippen molar-refractivity contribution in [2.45, 2.75) is 79.4 Å². The minimum absolute atomic E-state index is 0.00253. The van der Waals surface area contributed by atoms with Gasteiger partial charge in [0.25, 0.3) is 0 Å². The van der Waals surface area contributed by atoms with Crippen molar-refractivity contribution in [3.63, 3.8) is 0 Å². The highest BCUT2D eigenvalue weighted by Gasteiger charge is 2.48. The number of aromatic nitrogens is 1. The molecule has 5 rings (SSSR count). The Bertz CT molecular complexity index is 1760. The minimum atomic E-state index is -0.450. The number of hydrogen-bond donors (Lipinski definition) is 1. The van der Waals surface area contributed by atoms with Crippen LogP contribution < -0.4 is 10.7 Å². The molecule has 0 radical (unpaired) electrons. The van der Waals surface area contributed by atoms with Crippen molar-refractivity contribution in [3.05, 3.63) is 86.8 Å². The van der Waals surface area contributed by atoms with E-state index in [0.29, 0.717) is 27.8 Å². The highest BCUT2D eigenvalue weighted by molar-refractivity contribution is 5.90. The summed E-state index contributed by atoms with van der Waals surface area (Å²) in [6.45, 7) is 20.5. The van der Waals surface area contributed by atoms with Gasteiger partial charge in [0.05, 0.1) is 16.7 Å². The Morgan fingerprint density at radius 3 is 2.37 bits per heavy atom. The quantitative estimate of drug-likeness (QED) is 0.311. The number of nitrogens with one attached hydrogen (secondary N) is 1. The van der Waals surface area contributed by atoms with Crippen molar-refractivity contribution in [1.82, 2.24) is 9.88 Å². The highest BCUT2D eigenvalue weighted by Crippen LogP contribution is 2.44. The van der Waals surface area contributed by atoms with Crippen molar-refractivity contribution < 1.29 is 9.90 Å². The number of piperazine rings is 1. The Hall–Kier alpha value is -3.31. The predicted molar refractivity (Wildman–Crippen MR) is 158 cm³/mol. The molecule has 38 heavy (non-hydrogen) atoms. The van der Waals surface area contributed by atoms with Gasteiger partial charge in [0.1, 0.15) is 0 Å². The second-order valence-corrected chi connectivity index (χ2v) is 11.8. The molecule has 1 N–H and O–H groups in total. The van der Waals surface area contributed by atoms with Crippen LogP contribution in [0.3, 0.4) is 0 Å². The number of oxazole rings is 1. The average Bonchev–Trinajstić information content (AvgIpc) is 3.29. The van der Waals surface area contributed by atoms with Crippen LogP contribution >= 0.6 is 0 Å². The largest absolute Gasteiger partial charge is 0.417 e. The van der Waals surface area contributed by atoms with Crippen LogP contribution in [0, 0.1) is 27.7 Å². The van der Waals surface area contributed by atoms with Crippen molar-refractivity contribution in [1.29, 1.82) is 0 Å². The summed E-state index contributed by atoms with van der Waals surface area (Å²) >= 11 is 0. The summed E-state index contributed by atoms with van der Waals surface area (Å²) in [5.41, 5.74) is 7.28. The normalized spacial score (nSPS) is 19.8. The van der Waals surface area contributed by atoms with Crippen LogP contribution in [0.5, 0.6) is 0 Å². The van der Waals surface area contributed by atoms with Crippen LogP contribution in [0.4, 0.5) is 5.69 Å². The molecule has 1 saturated heterocycles. The second-order valence-electron chi connectivity index (χ2n) is 11.8. The first-order valence-electron chi connectivity index (χ1n) is 15.4. The lowest BCUT2D eigenvalue weighted by atomic mass is 9.79. The van der Waals surface area contributed by atoms with Crippen molar-refractivity contribution in [3.8, 4) is 11.1 Å². The van der Waals surface area contributed by atoms with Gasteiger partial charge in [0.2, 0.25) is 0 Å². The van der Waals surface area contributed by atoms with Crippen LogP contribution in [-0.4, -0.2) is 34.6 Å². The van der Waals surface area contributed by atoms with Gasteiger partial charge in [0, 0.05) is 30.2 Å². The molecule has 1 aliphatic heterocycles. The molecular weight excluding hydrogens is 470 g/mol. The fourth-order valence-electron chi connectivity index (χ4n) is 6.35. The predicted octanol–water partition coefficient (Wildman–Crippen LogP) is 7.25. The Kier molecular flexibility index (Phi) is 5.21. The van der Waals surface area contributed by atoms with Gasteiger partial charge < -0.3 is 9.32 Å². The summed E-state index contributed by atoms with van der Waals surface area (Å²) in [6.07, 6.45) is 0. The SMILES string of the molecule is [2H]c1c([2H])c(-c2ccc(C)c(C(C)(C)N3CCN(c4c(C)c(C)cc5[nH]c(=O)oc45)C(C)C3(C)C)c2)c([2H])c([2H])c1C. The molecule has 0 saturated carbocycles. The van der Waals surface area contributed by atoms with E-state index in [1.807, 2.05) is 24.3 Å². The van der Waals surface area contributed by atoms with Gasteiger partial charge >= 0.3 is 5.76 Å². The van der Waals surface area contributed by atoms with Gasteiger partial charge in [-0.15, -0.1) is 0 Å². The Balaban J connectivity index is 1.58. The van der Waals surface area contributed by atoms with E-state index in [1.54, 1.807) is 6.92 Å². The first-order valence-corrected chi connectivity index (χ1v) is 13.4. The van der Waals surface area contributed by atoms with Gasteiger partial charge in [-0.25, -0.2) is 4.79 Å². The monoisotopic (exact) mass is 515 g/mol. The van der Waals surface area contributed by atoms with Crippen molar-refractivity contribution in [2.24, 2.45) is 0 Å². The van der Waals surface area contributed by atoms with Crippen LogP contribution in [0.25, 0.3) is 22.2 Å². The van der Waals surface area contributed by atoms with E-state index in [0.717, 1.165) is 41.0 Å². The third-order valence-electron chi connectivity index (χ3n) is 8.85. The van der Waals surface area contributed by atoms with Crippen LogP contribution in [-0.2, 0) is 5.54 Å². The van der Waals surface area contributed by atoms with Gasteiger partial charge in [0.15, 0.2) is 5.58 Å². The third kappa shape index (κ3) is 4.17. The summed E-state index contributed by atoms with van der Waals surface area (Å²) in [6, 6.07) is 7.96. The first kappa shape index (κ1) is 21.6. The van der Waals surface area contributed by atoms with E-state index in [2.05, 4.69) is 70.2 Å². The molecule has 1 atom stereocenters. The fraction of sp³-hybridized carbons (Fsp3) is 0.424. The van der Waals surface area contributed by atoms with Crippen LogP contribution in [0.2, 0.25) is 0 Å². The number of anilines is 1. The molecule has 5 heteroatoms. The minimum Gasteiger partial charge on any atom is -0.406 e. The molecule has 1 fully saturated rings. The Morgan fingerprint density at radius 2 is 1.68 bits per heavy atom. The summed E-state index contributed by atoms with van der Waals surface area (Å²) in [5.74, 6) is -0.450. The first-order chi connectivity index (χ1) is 19.5. The van der Waals surface area contributed by atoms with Crippen molar-refractivity contribution in [2.75, 3.05) is 18.0 Å². The zero-order chi connectivity index (χ0) is 31.0. The van der Waals surface area contributed by atoms with Gasteiger partial charge in [-0.05, 0) is 108 Å². The molecule has 0 bridgehead atoms. The lowest BCUT2D eigenvalue weighted by Crippen LogP contribution is -2.68. The van der Waals surface area contributed by atoms with E-state index in [1.165, 1.54) is 0 Å². The number of benzene rings is 3. The summed E-state index contributed by atoms with van der Waals surface area (Å²) < 4.78 is 39.7. The Morgan fingerprint density at radius 1 is 1.00 bits per heavy atom. The molecule has 0 spiro atoms. The van der Waals surface area contributed by atoms with Crippen LogP contribution in [0.1, 0.15) is 67.9 Å². The van der Waals surface area contributed by atoms with Gasteiger partial charge in [-0.1, -0.05) is 41.9 Å². The molecule has 1 aromatic heterocycles. The van der Waals surface area contributed by atoms with E-state index in [4.69, 9.17) is 9.90 Å². The molecule has 1 aliphatic rings. The molecular formula is C33H41N3O2. The van der Waals surface area contributed by atoms with E-state index in [9.17, 15) is 4.79 Å². The number of aryl methyl sites for hydroxylation is 2. The zero-order valence-electron chi connectivity index (χ0n) is 28.0. The molecule has 2 heterocycles. The average molecular weight is 516 g/mol. The molecule has 3 aromatic carbocycles. The maximum Gasteiger partial charge on any atom is 0.417 e. The maximum absolute atomic E-state index is 12.2. The third-order valence-corrected chi connectivity index (χ3v) is 8.85. The van der Waals surface area contributed by atoms with Crippen LogP contribution in [0.15, 0.2) is 57.6 Å². The zero-order valence-corrected chi connectivity index (χ0v) is 24.0. The number of hydrogen-bond acceptors (Lipinski definition) is 4. The van der Waals surface area contributed by atoms with Gasteiger partial charge in [-0.3, -0.25) is 9.88 Å².